The molecule has 1 rings (SSSR count). The summed E-state index contributed by atoms with van der Waals surface area (Å²) in [7, 11) is 1.49. The zero-order valence-electron chi connectivity index (χ0n) is 10.8. The van der Waals surface area contributed by atoms with Crippen molar-refractivity contribution in [2.24, 2.45) is 11.1 Å². The Balaban J connectivity index is 2.84. The molecule has 3 atom stereocenters. The Morgan fingerprint density at radius 1 is 1.50 bits per heavy atom. The summed E-state index contributed by atoms with van der Waals surface area (Å²) < 4.78 is 38.8. The number of hydrogen-bond donors (Lipinski definition) is 2. The highest BCUT2D eigenvalue weighted by molar-refractivity contribution is 5.82. The van der Waals surface area contributed by atoms with E-state index in [2.05, 4.69) is 5.32 Å². The van der Waals surface area contributed by atoms with E-state index < -0.39 is 23.7 Å². The largest absolute Gasteiger partial charge is 0.405 e. The van der Waals surface area contributed by atoms with Gasteiger partial charge in [-0.1, -0.05) is 0 Å². The van der Waals surface area contributed by atoms with E-state index in [4.69, 9.17) is 5.73 Å². The van der Waals surface area contributed by atoms with E-state index >= 15 is 0 Å². The maximum absolute atomic E-state index is 12.9. The van der Waals surface area contributed by atoms with Gasteiger partial charge in [0.2, 0.25) is 5.91 Å². The molecule has 3 N–H and O–H groups in total. The molecule has 0 aromatic rings. The first-order valence-electron chi connectivity index (χ1n) is 5.90. The van der Waals surface area contributed by atoms with E-state index in [9.17, 15) is 18.0 Å². The lowest BCUT2D eigenvalue weighted by atomic mass is 9.89. The van der Waals surface area contributed by atoms with Crippen molar-refractivity contribution in [3.8, 4) is 0 Å². The van der Waals surface area contributed by atoms with Gasteiger partial charge in [-0.05, 0) is 26.8 Å². The summed E-state index contributed by atoms with van der Waals surface area (Å²) in [6.45, 7) is 3.34. The highest BCUT2D eigenvalue weighted by atomic mass is 19.4. The van der Waals surface area contributed by atoms with Crippen LogP contribution in [0.5, 0.6) is 0 Å². The first kappa shape index (κ1) is 15.2. The van der Waals surface area contributed by atoms with Crippen LogP contribution in [0.25, 0.3) is 0 Å². The van der Waals surface area contributed by atoms with Crippen LogP contribution in [-0.2, 0) is 4.79 Å². The monoisotopic (exact) mass is 267 g/mol. The van der Waals surface area contributed by atoms with Gasteiger partial charge in [-0.25, -0.2) is 0 Å². The van der Waals surface area contributed by atoms with Crippen LogP contribution in [0.3, 0.4) is 0 Å². The van der Waals surface area contributed by atoms with Gasteiger partial charge in [0.15, 0.2) is 0 Å². The number of carbonyl (C=O) groups excluding carboxylic acids is 1. The van der Waals surface area contributed by atoms with Gasteiger partial charge < -0.3 is 11.1 Å². The molecule has 1 amide bonds. The van der Waals surface area contributed by atoms with Gasteiger partial charge in [0.25, 0.3) is 0 Å². The molecule has 1 aliphatic heterocycles. The molecule has 1 fully saturated rings. The standard InChI is InChI=1S/C11H20F3N3O/c1-7(15)8(11(12,13)14)17-5-4-10(2,6-17)9(18)16-3/h7-8H,4-6,15H2,1-3H3,(H,16,18). The molecule has 106 valence electrons. The molecule has 0 aliphatic carbocycles. The van der Waals surface area contributed by atoms with Crippen LogP contribution in [0.15, 0.2) is 0 Å². The summed E-state index contributed by atoms with van der Waals surface area (Å²) in [5.41, 5.74) is 4.67. The van der Waals surface area contributed by atoms with E-state index in [-0.39, 0.29) is 19.0 Å². The average molecular weight is 267 g/mol. The minimum absolute atomic E-state index is 0.0817. The third-order valence-corrected chi connectivity index (χ3v) is 3.50. The van der Waals surface area contributed by atoms with Crippen LogP contribution in [0.2, 0.25) is 0 Å². The number of nitrogens with one attached hydrogen (secondary N) is 1. The summed E-state index contributed by atoms with van der Waals surface area (Å²) in [4.78, 5) is 12.9. The molecule has 1 aliphatic rings. The minimum Gasteiger partial charge on any atom is -0.359 e. The number of likely N-dealkylation sites (tertiary alicyclic amines) is 1. The fourth-order valence-electron chi connectivity index (χ4n) is 2.56. The SMILES string of the molecule is CNC(=O)C1(C)CCN(C(C(C)N)C(F)(F)F)C1. The number of rotatable bonds is 3. The molecule has 0 aromatic carbocycles. The van der Waals surface area contributed by atoms with Crippen molar-refractivity contribution >= 4 is 5.91 Å². The molecule has 0 aromatic heterocycles. The van der Waals surface area contributed by atoms with E-state index in [1.54, 1.807) is 6.92 Å². The third-order valence-electron chi connectivity index (χ3n) is 3.50. The normalized spacial score (nSPS) is 29.1. The predicted molar refractivity (Wildman–Crippen MR) is 61.9 cm³/mol. The molecule has 18 heavy (non-hydrogen) atoms. The number of amides is 1. The van der Waals surface area contributed by atoms with Crippen molar-refractivity contribution in [3.05, 3.63) is 0 Å². The van der Waals surface area contributed by atoms with Crippen molar-refractivity contribution in [2.45, 2.75) is 38.5 Å². The van der Waals surface area contributed by atoms with Crippen LogP contribution >= 0.6 is 0 Å². The minimum atomic E-state index is -4.37. The van der Waals surface area contributed by atoms with Crippen LogP contribution in [0.1, 0.15) is 20.3 Å². The van der Waals surface area contributed by atoms with Crippen LogP contribution in [-0.4, -0.2) is 49.2 Å². The second-order valence-electron chi connectivity index (χ2n) is 5.21. The van der Waals surface area contributed by atoms with Crippen molar-refractivity contribution in [3.63, 3.8) is 0 Å². The zero-order chi connectivity index (χ0) is 14.1. The molecule has 0 bridgehead atoms. The predicted octanol–water partition coefficient (Wildman–Crippen LogP) is 0.722. The lowest BCUT2D eigenvalue weighted by molar-refractivity contribution is -0.186. The first-order valence-corrected chi connectivity index (χ1v) is 5.90. The van der Waals surface area contributed by atoms with Gasteiger partial charge in [0.1, 0.15) is 6.04 Å². The van der Waals surface area contributed by atoms with E-state index in [0.29, 0.717) is 6.42 Å². The molecular formula is C11H20F3N3O. The maximum Gasteiger partial charge on any atom is 0.405 e. The van der Waals surface area contributed by atoms with E-state index in [0.717, 1.165) is 0 Å². The van der Waals surface area contributed by atoms with Crippen molar-refractivity contribution in [1.29, 1.82) is 0 Å². The Hall–Kier alpha value is -0.820. The summed E-state index contributed by atoms with van der Waals surface area (Å²) in [5.74, 6) is -0.226. The van der Waals surface area contributed by atoms with Gasteiger partial charge in [-0.3, -0.25) is 9.69 Å². The third kappa shape index (κ3) is 2.95. The van der Waals surface area contributed by atoms with E-state index in [1.807, 2.05) is 0 Å². The average Bonchev–Trinajstić information content (AvgIpc) is 2.58. The second-order valence-corrected chi connectivity index (χ2v) is 5.21. The smallest absolute Gasteiger partial charge is 0.359 e. The second kappa shape index (κ2) is 5.05. The van der Waals surface area contributed by atoms with Crippen molar-refractivity contribution < 1.29 is 18.0 Å². The Bertz CT molecular complexity index is 319. The Labute approximate surface area is 105 Å². The Morgan fingerprint density at radius 2 is 2.06 bits per heavy atom. The lowest BCUT2D eigenvalue weighted by Crippen LogP contribution is -2.55. The molecule has 3 unspecified atom stereocenters. The summed E-state index contributed by atoms with van der Waals surface area (Å²) in [6, 6.07) is -2.71. The van der Waals surface area contributed by atoms with Crippen LogP contribution < -0.4 is 11.1 Å². The Morgan fingerprint density at radius 3 is 2.44 bits per heavy atom. The number of nitrogens with two attached hydrogens (primary N) is 1. The Kier molecular flexibility index (Phi) is 4.27. The molecule has 1 heterocycles. The van der Waals surface area contributed by atoms with Gasteiger partial charge in [0.05, 0.1) is 5.41 Å². The van der Waals surface area contributed by atoms with Crippen molar-refractivity contribution in [1.82, 2.24) is 10.2 Å². The molecule has 0 spiro atoms. The topological polar surface area (TPSA) is 58.4 Å². The molecule has 1 saturated heterocycles. The number of halogens is 3. The fourth-order valence-corrected chi connectivity index (χ4v) is 2.56. The molecule has 0 saturated carbocycles. The number of nitrogens with zero attached hydrogens (tertiary/aromatic N) is 1. The fraction of sp³-hybridized carbons (Fsp3) is 0.909. The summed E-state index contributed by atoms with van der Waals surface area (Å²) in [6.07, 6.45) is -3.96. The van der Waals surface area contributed by atoms with Crippen molar-refractivity contribution in [2.75, 3.05) is 20.1 Å². The highest BCUT2D eigenvalue weighted by Crippen LogP contribution is 2.36. The number of hydrogen-bond acceptors (Lipinski definition) is 3. The van der Waals surface area contributed by atoms with Crippen LogP contribution in [0, 0.1) is 5.41 Å². The summed E-state index contributed by atoms with van der Waals surface area (Å²) in [5, 5.41) is 2.50. The van der Waals surface area contributed by atoms with Gasteiger partial charge in [-0.2, -0.15) is 13.2 Å². The van der Waals surface area contributed by atoms with Gasteiger partial charge >= 0.3 is 6.18 Å². The lowest BCUT2D eigenvalue weighted by Gasteiger charge is -2.33. The number of carbonyl (C=O) groups is 1. The van der Waals surface area contributed by atoms with Gasteiger partial charge in [-0.15, -0.1) is 0 Å². The zero-order valence-corrected chi connectivity index (χ0v) is 10.8. The maximum atomic E-state index is 12.9. The first-order chi connectivity index (χ1) is 8.12. The summed E-state index contributed by atoms with van der Waals surface area (Å²) >= 11 is 0. The van der Waals surface area contributed by atoms with Crippen LogP contribution in [0.4, 0.5) is 13.2 Å². The van der Waals surface area contributed by atoms with E-state index in [1.165, 1.54) is 18.9 Å². The quantitative estimate of drug-likeness (QED) is 0.792. The molecular weight excluding hydrogens is 247 g/mol. The highest BCUT2D eigenvalue weighted by Gasteiger charge is 2.51. The molecule has 4 nitrogen and oxygen atoms in total. The molecule has 0 radical (unpaired) electrons. The van der Waals surface area contributed by atoms with Gasteiger partial charge in [0, 0.05) is 19.6 Å². The number of alkyl halides is 3. The molecule has 7 heteroatoms.